The molecular formula is C15H22N4O6S2. The first-order valence-corrected chi connectivity index (χ1v) is 11.3. The summed E-state index contributed by atoms with van der Waals surface area (Å²) in [5.74, 6) is 0.400. The number of hydrogen-bond acceptors (Lipinski definition) is 8. The van der Waals surface area contributed by atoms with Crippen molar-refractivity contribution in [1.82, 2.24) is 19.3 Å². The molecule has 2 heterocycles. The van der Waals surface area contributed by atoms with Gasteiger partial charge in [-0.05, 0) is 40.5 Å². The summed E-state index contributed by atoms with van der Waals surface area (Å²) in [4.78, 5) is 0.0250. The second kappa shape index (κ2) is 7.00. The molecule has 1 aliphatic rings. The average Bonchev–Trinajstić information content (AvgIpc) is 3.25. The Labute approximate surface area is 158 Å². The van der Waals surface area contributed by atoms with Gasteiger partial charge in [0.1, 0.15) is 21.2 Å². The van der Waals surface area contributed by atoms with E-state index < -0.39 is 20.0 Å². The second-order valence-electron chi connectivity index (χ2n) is 6.55. The molecule has 1 N–H and O–H groups in total. The van der Waals surface area contributed by atoms with E-state index in [4.69, 9.17) is 9.05 Å². The molecule has 3 rings (SSSR count). The van der Waals surface area contributed by atoms with Crippen molar-refractivity contribution in [3.05, 3.63) is 22.9 Å². The predicted octanol–water partition coefficient (Wildman–Crippen LogP) is 1.03. The highest BCUT2D eigenvalue weighted by molar-refractivity contribution is 7.89. The lowest BCUT2D eigenvalue weighted by atomic mass is 10.4. The van der Waals surface area contributed by atoms with Crippen molar-refractivity contribution in [3.8, 4) is 0 Å². The lowest BCUT2D eigenvalue weighted by molar-refractivity contribution is 0.386. The van der Waals surface area contributed by atoms with E-state index in [-0.39, 0.29) is 51.8 Å². The van der Waals surface area contributed by atoms with Crippen LogP contribution in [0.2, 0.25) is 0 Å². The quantitative estimate of drug-likeness (QED) is 0.671. The molecular weight excluding hydrogens is 396 g/mol. The van der Waals surface area contributed by atoms with Crippen LogP contribution >= 0.6 is 0 Å². The summed E-state index contributed by atoms with van der Waals surface area (Å²) in [5.41, 5.74) is 0.539. The van der Waals surface area contributed by atoms with Crippen molar-refractivity contribution in [1.29, 1.82) is 0 Å². The second-order valence-corrected chi connectivity index (χ2v) is 10.1. The fraction of sp³-hybridized carbons (Fsp3) is 0.600. The Hall–Kier alpha value is -1.76. The fourth-order valence-electron chi connectivity index (χ4n) is 3.04. The maximum absolute atomic E-state index is 13.0. The van der Waals surface area contributed by atoms with Crippen LogP contribution in [-0.2, 0) is 20.0 Å². The standard InChI is InChI=1S/C15H22N4O6S2/c1-9-14(11(3)24-17-9)26(20,21)16-7-8-19(13-5-6-13)27(22,23)15-10(2)18-25-12(15)4/h13,16H,5-8H2,1-4H3. The molecule has 12 heteroatoms. The number of rotatable bonds is 8. The average molecular weight is 418 g/mol. The minimum atomic E-state index is -3.85. The first kappa shape index (κ1) is 20.0. The Morgan fingerprint density at radius 1 is 0.963 bits per heavy atom. The van der Waals surface area contributed by atoms with Gasteiger partial charge in [0.05, 0.1) is 0 Å². The van der Waals surface area contributed by atoms with Gasteiger partial charge in [0.2, 0.25) is 20.0 Å². The van der Waals surface area contributed by atoms with Crippen LogP contribution < -0.4 is 4.72 Å². The van der Waals surface area contributed by atoms with Crippen molar-refractivity contribution in [2.45, 2.75) is 56.4 Å². The van der Waals surface area contributed by atoms with Gasteiger partial charge < -0.3 is 9.05 Å². The maximum Gasteiger partial charge on any atom is 0.248 e. The smallest absolute Gasteiger partial charge is 0.248 e. The number of hydrogen-bond donors (Lipinski definition) is 1. The number of nitrogens with zero attached hydrogens (tertiary/aromatic N) is 3. The Kier molecular flexibility index (Phi) is 5.18. The van der Waals surface area contributed by atoms with Crippen molar-refractivity contribution in [2.75, 3.05) is 13.1 Å². The minimum absolute atomic E-state index is 0.000332. The van der Waals surface area contributed by atoms with E-state index in [0.717, 1.165) is 12.8 Å². The van der Waals surface area contributed by atoms with E-state index in [2.05, 4.69) is 15.0 Å². The monoisotopic (exact) mass is 418 g/mol. The summed E-state index contributed by atoms with van der Waals surface area (Å²) < 4.78 is 64.7. The zero-order valence-corrected chi connectivity index (χ0v) is 17.1. The lowest BCUT2D eigenvalue weighted by Gasteiger charge is -2.21. The molecule has 0 aromatic carbocycles. The maximum atomic E-state index is 13.0. The molecule has 10 nitrogen and oxygen atoms in total. The summed E-state index contributed by atoms with van der Waals surface area (Å²) in [6.07, 6.45) is 1.47. The van der Waals surface area contributed by atoms with Gasteiger partial charge in [-0.1, -0.05) is 10.3 Å². The van der Waals surface area contributed by atoms with Gasteiger partial charge in [-0.15, -0.1) is 0 Å². The number of nitrogens with one attached hydrogen (secondary N) is 1. The summed E-state index contributed by atoms with van der Waals surface area (Å²) in [6, 6.07) is -0.146. The number of aromatic nitrogens is 2. The largest absolute Gasteiger partial charge is 0.360 e. The van der Waals surface area contributed by atoms with Crippen molar-refractivity contribution >= 4 is 20.0 Å². The highest BCUT2D eigenvalue weighted by Crippen LogP contribution is 2.33. The Bertz CT molecular complexity index is 1010. The van der Waals surface area contributed by atoms with Gasteiger partial charge in [0.15, 0.2) is 11.5 Å². The molecule has 0 amide bonds. The number of sulfonamides is 2. The lowest BCUT2D eigenvalue weighted by Crippen LogP contribution is -2.40. The molecule has 2 aromatic rings. The topological polar surface area (TPSA) is 136 Å². The number of aryl methyl sites for hydroxylation is 4. The Morgan fingerprint density at radius 2 is 1.48 bits per heavy atom. The third-order valence-corrected chi connectivity index (χ3v) is 8.25. The molecule has 1 aliphatic carbocycles. The van der Waals surface area contributed by atoms with Crippen LogP contribution in [0.1, 0.15) is 35.7 Å². The van der Waals surface area contributed by atoms with Crippen LogP contribution in [0.15, 0.2) is 18.8 Å². The molecule has 0 radical (unpaired) electrons. The van der Waals surface area contributed by atoms with Gasteiger partial charge in [-0.2, -0.15) is 4.31 Å². The van der Waals surface area contributed by atoms with Crippen LogP contribution in [0.5, 0.6) is 0 Å². The molecule has 0 spiro atoms. The Balaban J connectivity index is 1.77. The first-order valence-electron chi connectivity index (χ1n) is 8.43. The Morgan fingerprint density at radius 3 is 1.93 bits per heavy atom. The van der Waals surface area contributed by atoms with Crippen LogP contribution in [0, 0.1) is 27.7 Å². The van der Waals surface area contributed by atoms with Gasteiger partial charge in [0.25, 0.3) is 0 Å². The molecule has 0 saturated heterocycles. The normalized spacial score (nSPS) is 15.6. The van der Waals surface area contributed by atoms with E-state index in [9.17, 15) is 16.8 Å². The molecule has 150 valence electrons. The van der Waals surface area contributed by atoms with Gasteiger partial charge in [0, 0.05) is 19.1 Å². The SMILES string of the molecule is Cc1noc(C)c1S(=O)(=O)NCCN(C1CC1)S(=O)(=O)c1c(C)noc1C. The highest BCUT2D eigenvalue weighted by Gasteiger charge is 2.40. The first-order chi connectivity index (χ1) is 12.6. The van der Waals surface area contributed by atoms with Crippen LogP contribution in [-0.4, -0.2) is 50.6 Å². The zero-order chi connectivity index (χ0) is 20.0. The molecule has 0 atom stereocenters. The molecule has 0 unspecified atom stereocenters. The van der Waals surface area contributed by atoms with Crippen LogP contribution in [0.25, 0.3) is 0 Å². The third-order valence-electron chi connectivity index (χ3n) is 4.35. The molecule has 0 aliphatic heterocycles. The van der Waals surface area contributed by atoms with Crippen LogP contribution in [0.3, 0.4) is 0 Å². The van der Waals surface area contributed by atoms with E-state index in [0.29, 0.717) is 0 Å². The highest BCUT2D eigenvalue weighted by atomic mass is 32.2. The van der Waals surface area contributed by atoms with E-state index in [1.165, 1.54) is 25.1 Å². The summed E-state index contributed by atoms with van der Waals surface area (Å²) in [5, 5.41) is 7.35. The van der Waals surface area contributed by atoms with E-state index in [1.807, 2.05) is 0 Å². The minimum Gasteiger partial charge on any atom is -0.360 e. The third kappa shape index (κ3) is 3.79. The van der Waals surface area contributed by atoms with Gasteiger partial charge >= 0.3 is 0 Å². The van der Waals surface area contributed by atoms with E-state index in [1.54, 1.807) is 6.92 Å². The van der Waals surface area contributed by atoms with Crippen molar-refractivity contribution in [2.24, 2.45) is 0 Å². The summed E-state index contributed by atoms with van der Waals surface area (Å²) >= 11 is 0. The van der Waals surface area contributed by atoms with Crippen LogP contribution in [0.4, 0.5) is 0 Å². The fourth-order valence-corrected chi connectivity index (χ4v) is 6.37. The zero-order valence-electron chi connectivity index (χ0n) is 15.5. The van der Waals surface area contributed by atoms with Gasteiger partial charge in [-0.3, -0.25) is 0 Å². The molecule has 2 aromatic heterocycles. The van der Waals surface area contributed by atoms with Gasteiger partial charge in [-0.25, -0.2) is 21.6 Å². The molecule has 1 saturated carbocycles. The van der Waals surface area contributed by atoms with Crippen molar-refractivity contribution < 1.29 is 25.9 Å². The van der Waals surface area contributed by atoms with E-state index >= 15 is 0 Å². The summed E-state index contributed by atoms with van der Waals surface area (Å²) in [6.45, 7) is 6.06. The molecule has 27 heavy (non-hydrogen) atoms. The van der Waals surface area contributed by atoms with Crippen molar-refractivity contribution in [3.63, 3.8) is 0 Å². The molecule has 1 fully saturated rings. The summed E-state index contributed by atoms with van der Waals surface area (Å²) in [7, 11) is -7.69. The molecule has 0 bridgehead atoms. The predicted molar refractivity (Wildman–Crippen MR) is 94.1 cm³/mol.